The summed E-state index contributed by atoms with van der Waals surface area (Å²) < 4.78 is 16.3. The van der Waals surface area contributed by atoms with Gasteiger partial charge in [-0.3, -0.25) is 4.90 Å². The van der Waals surface area contributed by atoms with E-state index in [1.165, 1.54) is 0 Å². The highest BCUT2D eigenvalue weighted by Crippen LogP contribution is 2.26. The second-order valence-electron chi connectivity index (χ2n) is 5.18. The molecule has 0 saturated carbocycles. The number of ether oxygens (including phenoxy) is 3. The Bertz CT molecular complexity index is 437. The molecule has 1 heterocycles. The molecule has 0 spiro atoms. The minimum absolute atomic E-state index is 0.0514. The maximum absolute atomic E-state index is 5.92. The molecule has 0 aliphatic carbocycles. The van der Waals surface area contributed by atoms with Crippen molar-refractivity contribution in [1.82, 2.24) is 4.90 Å². The SMILES string of the molecule is COc1ccc(CN2CCOC(C(C)N)C2)c(OC)c1. The first kappa shape index (κ1) is 15.1. The van der Waals surface area contributed by atoms with E-state index >= 15 is 0 Å². The van der Waals surface area contributed by atoms with Gasteiger partial charge < -0.3 is 19.9 Å². The average molecular weight is 280 g/mol. The predicted molar refractivity (Wildman–Crippen MR) is 78.2 cm³/mol. The number of benzene rings is 1. The topological polar surface area (TPSA) is 57.0 Å². The zero-order chi connectivity index (χ0) is 14.5. The van der Waals surface area contributed by atoms with Gasteiger partial charge >= 0.3 is 0 Å². The van der Waals surface area contributed by atoms with Crippen LogP contribution in [0.2, 0.25) is 0 Å². The van der Waals surface area contributed by atoms with Crippen LogP contribution in [0.15, 0.2) is 18.2 Å². The molecule has 20 heavy (non-hydrogen) atoms. The highest BCUT2D eigenvalue weighted by Gasteiger charge is 2.24. The summed E-state index contributed by atoms with van der Waals surface area (Å²) in [6, 6.07) is 5.98. The third-order valence-electron chi connectivity index (χ3n) is 3.65. The van der Waals surface area contributed by atoms with Gasteiger partial charge in [0.25, 0.3) is 0 Å². The summed E-state index contributed by atoms with van der Waals surface area (Å²) in [5.74, 6) is 1.66. The van der Waals surface area contributed by atoms with Crippen LogP contribution >= 0.6 is 0 Å². The van der Waals surface area contributed by atoms with Crippen molar-refractivity contribution in [3.05, 3.63) is 23.8 Å². The van der Waals surface area contributed by atoms with Gasteiger partial charge in [0.2, 0.25) is 0 Å². The van der Waals surface area contributed by atoms with Crippen molar-refractivity contribution < 1.29 is 14.2 Å². The van der Waals surface area contributed by atoms with Crippen LogP contribution in [0.3, 0.4) is 0 Å². The monoisotopic (exact) mass is 280 g/mol. The number of nitrogens with two attached hydrogens (primary N) is 1. The normalized spacial score (nSPS) is 21.5. The summed E-state index contributed by atoms with van der Waals surface area (Å²) >= 11 is 0. The second kappa shape index (κ2) is 6.92. The standard InChI is InChI=1S/C15H24N2O3/c1-11(16)15-10-17(6-7-20-15)9-12-4-5-13(18-2)8-14(12)19-3/h4-5,8,11,15H,6-7,9-10,16H2,1-3H3. The maximum Gasteiger partial charge on any atom is 0.127 e. The van der Waals surface area contributed by atoms with E-state index in [-0.39, 0.29) is 12.1 Å². The zero-order valence-electron chi connectivity index (χ0n) is 12.5. The Hall–Kier alpha value is -1.30. The number of morpholine rings is 1. The lowest BCUT2D eigenvalue weighted by Crippen LogP contribution is -2.49. The molecule has 5 nitrogen and oxygen atoms in total. The molecule has 0 amide bonds. The molecule has 1 aromatic carbocycles. The minimum Gasteiger partial charge on any atom is -0.497 e. The lowest BCUT2D eigenvalue weighted by atomic mass is 10.1. The zero-order valence-corrected chi connectivity index (χ0v) is 12.5. The number of hydrogen-bond acceptors (Lipinski definition) is 5. The molecule has 1 fully saturated rings. The Balaban J connectivity index is 2.05. The summed E-state index contributed by atoms with van der Waals surface area (Å²) in [5, 5.41) is 0. The first-order chi connectivity index (χ1) is 9.63. The molecule has 2 rings (SSSR count). The maximum atomic E-state index is 5.92. The molecule has 2 N–H and O–H groups in total. The van der Waals surface area contributed by atoms with Crippen LogP contribution in [0.5, 0.6) is 11.5 Å². The Morgan fingerprint density at radius 1 is 1.40 bits per heavy atom. The summed E-state index contributed by atoms with van der Waals surface area (Å²) in [6.45, 7) is 5.32. The molecule has 0 aromatic heterocycles. The Kier molecular flexibility index (Phi) is 5.23. The van der Waals surface area contributed by atoms with Gasteiger partial charge in [0.05, 0.1) is 26.9 Å². The summed E-state index contributed by atoms with van der Waals surface area (Å²) in [5.41, 5.74) is 7.08. The fourth-order valence-electron chi connectivity index (χ4n) is 2.42. The van der Waals surface area contributed by atoms with Gasteiger partial charge in [0.1, 0.15) is 11.5 Å². The van der Waals surface area contributed by atoms with Crippen LogP contribution in [-0.4, -0.2) is 51.0 Å². The van der Waals surface area contributed by atoms with Gasteiger partial charge in [-0.25, -0.2) is 0 Å². The molecule has 1 saturated heterocycles. The van der Waals surface area contributed by atoms with Gasteiger partial charge in [0.15, 0.2) is 0 Å². The van der Waals surface area contributed by atoms with Gasteiger partial charge in [-0.05, 0) is 13.0 Å². The van der Waals surface area contributed by atoms with E-state index in [0.29, 0.717) is 0 Å². The lowest BCUT2D eigenvalue weighted by molar-refractivity contribution is -0.0405. The van der Waals surface area contributed by atoms with Crippen LogP contribution in [0.25, 0.3) is 0 Å². The van der Waals surface area contributed by atoms with Crippen LogP contribution in [0.4, 0.5) is 0 Å². The van der Waals surface area contributed by atoms with Crippen molar-refractivity contribution in [3.63, 3.8) is 0 Å². The van der Waals surface area contributed by atoms with Crippen molar-refractivity contribution in [1.29, 1.82) is 0 Å². The number of hydrogen-bond donors (Lipinski definition) is 1. The lowest BCUT2D eigenvalue weighted by Gasteiger charge is -2.34. The smallest absolute Gasteiger partial charge is 0.127 e. The third-order valence-corrected chi connectivity index (χ3v) is 3.65. The highest BCUT2D eigenvalue weighted by molar-refractivity contribution is 5.40. The van der Waals surface area contributed by atoms with E-state index in [2.05, 4.69) is 4.90 Å². The van der Waals surface area contributed by atoms with Crippen molar-refractivity contribution in [2.24, 2.45) is 5.73 Å². The predicted octanol–water partition coefficient (Wildman–Crippen LogP) is 1.25. The van der Waals surface area contributed by atoms with Crippen LogP contribution in [0.1, 0.15) is 12.5 Å². The molecule has 2 atom stereocenters. The van der Waals surface area contributed by atoms with Crippen LogP contribution in [-0.2, 0) is 11.3 Å². The van der Waals surface area contributed by atoms with Gasteiger partial charge in [0, 0.05) is 37.3 Å². The van der Waals surface area contributed by atoms with Crippen LogP contribution < -0.4 is 15.2 Å². The van der Waals surface area contributed by atoms with Crippen molar-refractivity contribution in [2.45, 2.75) is 25.6 Å². The molecular formula is C15H24N2O3. The Morgan fingerprint density at radius 3 is 2.85 bits per heavy atom. The van der Waals surface area contributed by atoms with Crippen LogP contribution in [0, 0.1) is 0 Å². The van der Waals surface area contributed by atoms with Crippen molar-refractivity contribution in [3.8, 4) is 11.5 Å². The van der Waals surface area contributed by atoms with E-state index < -0.39 is 0 Å². The van der Waals surface area contributed by atoms with E-state index in [9.17, 15) is 0 Å². The molecule has 0 radical (unpaired) electrons. The van der Waals surface area contributed by atoms with E-state index in [1.54, 1.807) is 14.2 Å². The quantitative estimate of drug-likeness (QED) is 0.880. The number of methoxy groups -OCH3 is 2. The fraction of sp³-hybridized carbons (Fsp3) is 0.600. The molecule has 1 aromatic rings. The minimum atomic E-state index is 0.0514. The highest BCUT2D eigenvalue weighted by atomic mass is 16.5. The fourth-order valence-corrected chi connectivity index (χ4v) is 2.42. The molecule has 0 bridgehead atoms. The number of rotatable bonds is 5. The largest absolute Gasteiger partial charge is 0.497 e. The Labute approximate surface area is 120 Å². The van der Waals surface area contributed by atoms with Gasteiger partial charge in [-0.15, -0.1) is 0 Å². The molecule has 112 valence electrons. The average Bonchev–Trinajstić information content (AvgIpc) is 2.48. The number of nitrogens with zero attached hydrogens (tertiary/aromatic N) is 1. The van der Waals surface area contributed by atoms with E-state index in [4.69, 9.17) is 19.9 Å². The second-order valence-corrected chi connectivity index (χ2v) is 5.18. The molecule has 5 heteroatoms. The van der Waals surface area contributed by atoms with E-state index in [0.717, 1.165) is 43.3 Å². The molecule has 2 unspecified atom stereocenters. The first-order valence-corrected chi connectivity index (χ1v) is 6.94. The summed E-state index contributed by atoms with van der Waals surface area (Å²) in [4.78, 5) is 2.35. The summed E-state index contributed by atoms with van der Waals surface area (Å²) in [6.07, 6.45) is 0.105. The van der Waals surface area contributed by atoms with E-state index in [1.807, 2.05) is 25.1 Å². The molecule has 1 aliphatic heterocycles. The Morgan fingerprint density at radius 2 is 2.20 bits per heavy atom. The third kappa shape index (κ3) is 3.62. The molecule has 1 aliphatic rings. The first-order valence-electron chi connectivity index (χ1n) is 6.94. The molecular weight excluding hydrogens is 256 g/mol. The van der Waals surface area contributed by atoms with Crippen molar-refractivity contribution in [2.75, 3.05) is 33.9 Å². The summed E-state index contributed by atoms with van der Waals surface area (Å²) in [7, 11) is 3.34. The van der Waals surface area contributed by atoms with Gasteiger partial charge in [-0.2, -0.15) is 0 Å². The van der Waals surface area contributed by atoms with Gasteiger partial charge in [-0.1, -0.05) is 6.07 Å². The van der Waals surface area contributed by atoms with Crippen molar-refractivity contribution >= 4 is 0 Å².